The van der Waals surface area contributed by atoms with Crippen molar-refractivity contribution in [3.8, 4) is 0 Å². The summed E-state index contributed by atoms with van der Waals surface area (Å²) in [6, 6.07) is 17.0. The van der Waals surface area contributed by atoms with Gasteiger partial charge in [0.15, 0.2) is 0 Å². The zero-order valence-corrected chi connectivity index (χ0v) is 45.3. The molecule has 1 aliphatic carbocycles. The van der Waals surface area contributed by atoms with Gasteiger partial charge in [0.1, 0.15) is 18.0 Å². The fourth-order valence-corrected chi connectivity index (χ4v) is 12.9. The molecule has 1 saturated carbocycles. The fraction of sp³-hybridized carbons (Fsp3) is 0.649. The largest absolute Gasteiger partial charge is 0.416 e. The number of amides is 2. The highest BCUT2D eigenvalue weighted by molar-refractivity contribution is 5.96. The number of aryl methyl sites for hydroxylation is 3. The Kier molecular flexibility index (Phi) is 17.8. The molecule has 0 spiro atoms. The number of hydrogen-bond donors (Lipinski definition) is 1. The molecule has 6 atom stereocenters. The van der Waals surface area contributed by atoms with Crippen LogP contribution in [0.1, 0.15) is 172 Å². The minimum absolute atomic E-state index is 0.000198. The first-order valence-electron chi connectivity index (χ1n) is 27.3. The number of carbonyl (C=O) groups excluding carboxylic acids is 2. The molecular formula is C57H79F5N10O3. The van der Waals surface area contributed by atoms with Crippen LogP contribution < -0.4 is 5.32 Å². The van der Waals surface area contributed by atoms with E-state index in [2.05, 4.69) is 91.5 Å². The maximum Gasteiger partial charge on any atom is 0.416 e. The number of benzene rings is 2. The Hall–Kier alpha value is -4.91. The van der Waals surface area contributed by atoms with Crippen LogP contribution in [0.3, 0.4) is 0 Å². The van der Waals surface area contributed by atoms with E-state index in [9.17, 15) is 31.5 Å². The highest BCUT2D eigenvalue weighted by Gasteiger charge is 2.44. The van der Waals surface area contributed by atoms with Crippen LogP contribution in [0.4, 0.5) is 22.0 Å². The van der Waals surface area contributed by atoms with Gasteiger partial charge in [-0.05, 0) is 116 Å². The monoisotopic (exact) mass is 1050 g/mol. The zero-order valence-electron chi connectivity index (χ0n) is 45.3. The Bertz CT molecular complexity index is 2490. The van der Waals surface area contributed by atoms with E-state index >= 15 is 0 Å². The third kappa shape index (κ3) is 13.1. The van der Waals surface area contributed by atoms with Gasteiger partial charge in [-0.15, -0.1) is 10.2 Å². The van der Waals surface area contributed by atoms with Crippen LogP contribution in [0.2, 0.25) is 0 Å². The number of carbonyl (C=O) groups is 2. The van der Waals surface area contributed by atoms with Crippen LogP contribution >= 0.6 is 0 Å². The molecule has 75 heavy (non-hydrogen) atoms. The summed E-state index contributed by atoms with van der Waals surface area (Å²) in [5.74, 6) is -0.573. The highest BCUT2D eigenvalue weighted by atomic mass is 19.4. The predicted octanol–water partition coefficient (Wildman–Crippen LogP) is 10.5. The number of nitrogens with zero attached hydrogens (tertiary/aromatic N) is 9. The smallest absolute Gasteiger partial charge is 0.383 e. The average Bonchev–Trinajstić information content (AvgIpc) is 3.88. The number of nitrogens with one attached hydrogen (secondary N) is 1. The van der Waals surface area contributed by atoms with Crippen LogP contribution in [-0.2, 0) is 15.7 Å². The normalized spacial score (nSPS) is 24.4. The molecule has 2 bridgehead atoms. The summed E-state index contributed by atoms with van der Waals surface area (Å²) in [5.41, 5.74) is 3.26. The van der Waals surface area contributed by atoms with Gasteiger partial charge in [-0.2, -0.15) is 13.2 Å². The first kappa shape index (κ1) is 56.3. The number of piperazine rings is 1. The van der Waals surface area contributed by atoms with Crippen LogP contribution in [0, 0.1) is 26.7 Å². The Balaban J connectivity index is 0.000000199. The van der Waals surface area contributed by atoms with Gasteiger partial charge in [0, 0.05) is 101 Å². The molecule has 6 heterocycles. The van der Waals surface area contributed by atoms with Crippen molar-refractivity contribution >= 4 is 11.8 Å². The maximum absolute atomic E-state index is 13.6. The second kappa shape index (κ2) is 23.8. The Morgan fingerprint density at radius 3 is 2.01 bits per heavy atom. The maximum atomic E-state index is 13.6. The van der Waals surface area contributed by atoms with Crippen LogP contribution in [-0.4, -0.2) is 139 Å². The second-order valence-corrected chi connectivity index (χ2v) is 22.6. The number of fused-ring (bicyclic) bond motifs is 2. The van der Waals surface area contributed by atoms with Crippen LogP contribution in [0.25, 0.3) is 0 Å². The summed E-state index contributed by atoms with van der Waals surface area (Å²) in [6.07, 6.45) is 4.47. The molecule has 2 amide bonds. The minimum atomic E-state index is -4.35. The number of hydrogen-bond acceptors (Lipinski definition) is 10. The summed E-state index contributed by atoms with van der Waals surface area (Å²) < 4.78 is 74.3. The molecule has 1 unspecified atom stereocenters. The SMILES string of the molecule is COC[C@@H](c1ccc(C(F)(F)F)cc1)N1CCN(C2(C)CCN(C(=O)c3c(C)ncnc3C)CC2)C[C@@H]1C.Cc1nnc(C(C)C)n1C1C[C@H]2CC[C@@H](C1)N2CC[C@H](NC(=O)C1CCC(F)(F)CC1)c1ccccc1. The summed E-state index contributed by atoms with van der Waals surface area (Å²) >= 11 is 0. The number of alkyl halides is 5. The molecule has 2 aromatic heterocycles. The standard InChI is InChI=1S/C29H41F2N5O.C28H38F3N5O2/c1-19(2)27-34-33-20(3)36(27)25-17-23-9-10-24(18-25)35(23)16-13-26(21-7-5-4-6-8-21)32-28(37)22-11-14-29(30,31)15-12-22;1-19-16-35(14-15-36(19)24(17-38-5)22-6-8-23(9-7-22)28(29,30)31)27(4)10-12-34(13-11-27)26(37)25-20(2)32-18-33-21(25)3/h4-8,19,22-26H,9-18H2,1-3H3,(H,32,37);6-9,18-19,24H,10-17H2,1-5H3/t23-,24+,25?,26-;19-,24-/m00/s1. The van der Waals surface area contributed by atoms with Gasteiger partial charge in [-0.25, -0.2) is 18.7 Å². The summed E-state index contributed by atoms with van der Waals surface area (Å²) in [5, 5.41) is 12.1. The third-order valence-corrected chi connectivity index (χ3v) is 17.3. The van der Waals surface area contributed by atoms with E-state index in [-0.39, 0.29) is 67.1 Å². The number of ether oxygens (including phenoxy) is 1. The lowest BCUT2D eigenvalue weighted by Crippen LogP contribution is -2.62. The van der Waals surface area contributed by atoms with Gasteiger partial charge in [-0.3, -0.25) is 24.3 Å². The average molecular weight is 1050 g/mol. The van der Waals surface area contributed by atoms with Crippen molar-refractivity contribution in [1.82, 2.24) is 49.6 Å². The first-order valence-corrected chi connectivity index (χ1v) is 27.3. The molecule has 0 radical (unpaired) electrons. The van der Waals surface area contributed by atoms with Crippen molar-refractivity contribution in [2.24, 2.45) is 5.92 Å². The molecule has 410 valence electrons. The lowest BCUT2D eigenvalue weighted by atomic mass is 9.86. The van der Waals surface area contributed by atoms with E-state index in [0.717, 1.165) is 93.2 Å². The quantitative estimate of drug-likeness (QED) is 0.122. The number of piperidine rings is 2. The van der Waals surface area contributed by atoms with Gasteiger partial charge in [0.05, 0.1) is 41.2 Å². The zero-order chi connectivity index (χ0) is 53.8. The molecule has 4 aliphatic heterocycles. The molecule has 4 saturated heterocycles. The van der Waals surface area contributed by atoms with E-state index in [1.165, 1.54) is 19.2 Å². The summed E-state index contributed by atoms with van der Waals surface area (Å²) in [6.45, 7) is 19.7. The summed E-state index contributed by atoms with van der Waals surface area (Å²) in [7, 11) is 1.62. The van der Waals surface area contributed by atoms with Crippen LogP contribution in [0.5, 0.6) is 0 Å². The topological polar surface area (TPSA) is 125 Å². The van der Waals surface area contributed by atoms with Crippen molar-refractivity contribution in [2.45, 2.75) is 179 Å². The Morgan fingerprint density at radius 2 is 1.44 bits per heavy atom. The fourth-order valence-electron chi connectivity index (χ4n) is 12.9. The second-order valence-electron chi connectivity index (χ2n) is 22.6. The first-order chi connectivity index (χ1) is 35.7. The lowest BCUT2D eigenvalue weighted by molar-refractivity contribution is -0.137. The van der Waals surface area contributed by atoms with Gasteiger partial charge in [0.2, 0.25) is 11.8 Å². The minimum Gasteiger partial charge on any atom is -0.383 e. The molecule has 2 aromatic carbocycles. The van der Waals surface area contributed by atoms with Crippen molar-refractivity contribution in [3.63, 3.8) is 0 Å². The van der Waals surface area contributed by atoms with E-state index in [4.69, 9.17) is 4.74 Å². The van der Waals surface area contributed by atoms with Crippen molar-refractivity contribution in [1.29, 1.82) is 0 Å². The molecule has 4 aromatic rings. The lowest BCUT2D eigenvalue weighted by Gasteiger charge is -2.52. The van der Waals surface area contributed by atoms with Crippen molar-refractivity contribution in [3.05, 3.63) is 106 Å². The van der Waals surface area contributed by atoms with Gasteiger partial charge >= 0.3 is 6.18 Å². The summed E-state index contributed by atoms with van der Waals surface area (Å²) in [4.78, 5) is 44.2. The highest BCUT2D eigenvalue weighted by Crippen LogP contribution is 2.43. The van der Waals surface area contributed by atoms with E-state index in [0.29, 0.717) is 60.7 Å². The molecule has 1 N–H and O–H groups in total. The van der Waals surface area contributed by atoms with Gasteiger partial charge in [0.25, 0.3) is 5.91 Å². The Morgan fingerprint density at radius 1 is 0.813 bits per heavy atom. The van der Waals surface area contributed by atoms with Gasteiger partial charge < -0.3 is 19.5 Å². The third-order valence-electron chi connectivity index (χ3n) is 17.3. The Labute approximate surface area is 440 Å². The number of halogens is 5. The molecule has 18 heteroatoms. The van der Waals surface area contributed by atoms with Crippen molar-refractivity contribution < 1.29 is 36.3 Å². The van der Waals surface area contributed by atoms with Gasteiger partial charge in [-0.1, -0.05) is 56.3 Å². The number of likely N-dealkylation sites (tertiary alicyclic amines) is 1. The molecule has 5 aliphatic rings. The van der Waals surface area contributed by atoms with Crippen LogP contribution in [0.15, 0.2) is 60.9 Å². The van der Waals surface area contributed by atoms with E-state index < -0.39 is 17.7 Å². The van der Waals surface area contributed by atoms with E-state index in [1.54, 1.807) is 19.2 Å². The predicted molar refractivity (Wildman–Crippen MR) is 278 cm³/mol. The molecule has 13 nitrogen and oxygen atoms in total. The number of aromatic nitrogens is 5. The number of rotatable bonds is 14. The molecule has 9 rings (SSSR count). The number of methoxy groups -OCH3 is 1. The molecular weight excluding hydrogens is 968 g/mol. The van der Waals surface area contributed by atoms with Crippen molar-refractivity contribution in [2.75, 3.05) is 53.0 Å². The molecule has 5 fully saturated rings. The van der Waals surface area contributed by atoms with E-state index in [1.807, 2.05) is 36.9 Å².